The predicted octanol–water partition coefficient (Wildman–Crippen LogP) is 4.80. The number of rotatable bonds is 8. The number of nitrogens with zero attached hydrogens (tertiary/aromatic N) is 3. The summed E-state index contributed by atoms with van der Waals surface area (Å²) in [7, 11) is 3.11. The second kappa shape index (κ2) is 10.5. The Morgan fingerprint density at radius 2 is 1.71 bits per heavy atom. The average Bonchev–Trinajstić information content (AvgIpc) is 3.22. The van der Waals surface area contributed by atoms with Gasteiger partial charge in [0.15, 0.2) is 5.82 Å². The van der Waals surface area contributed by atoms with E-state index in [9.17, 15) is 4.79 Å². The van der Waals surface area contributed by atoms with Crippen LogP contribution in [0, 0.1) is 0 Å². The number of hydrogen-bond acceptors (Lipinski definition) is 7. The Bertz CT molecular complexity index is 1300. The van der Waals surface area contributed by atoms with Crippen LogP contribution in [-0.2, 0) is 4.79 Å². The number of methoxy groups -OCH3 is 2. The van der Waals surface area contributed by atoms with E-state index in [1.165, 1.54) is 23.5 Å². The van der Waals surface area contributed by atoms with Gasteiger partial charge in [0.25, 0.3) is 0 Å². The highest BCUT2D eigenvalue weighted by atomic mass is 35.5. The molecule has 1 atom stereocenters. The Labute approximate surface area is 206 Å². The molecule has 0 saturated carbocycles. The average molecular weight is 496 g/mol. The number of halogens is 1. The number of hydrogen-bond donors (Lipinski definition) is 2. The molecular formula is C24H22ClN5O3S. The van der Waals surface area contributed by atoms with Crippen LogP contribution >= 0.6 is 23.4 Å². The third-order valence-corrected chi connectivity index (χ3v) is 6.50. The number of aromatic nitrogens is 3. The van der Waals surface area contributed by atoms with E-state index in [4.69, 9.17) is 26.9 Å². The predicted molar refractivity (Wildman–Crippen MR) is 134 cm³/mol. The third-order valence-electron chi connectivity index (χ3n) is 5.00. The molecule has 10 heteroatoms. The van der Waals surface area contributed by atoms with Crippen molar-refractivity contribution in [1.29, 1.82) is 0 Å². The van der Waals surface area contributed by atoms with Gasteiger partial charge >= 0.3 is 0 Å². The summed E-state index contributed by atoms with van der Waals surface area (Å²) in [6.45, 7) is 0. The van der Waals surface area contributed by atoms with Crippen molar-refractivity contribution in [2.24, 2.45) is 0 Å². The topological polar surface area (TPSA) is 104 Å². The molecular weight excluding hydrogens is 474 g/mol. The molecule has 0 fully saturated rings. The maximum Gasteiger partial charge on any atom is 0.242 e. The largest absolute Gasteiger partial charge is 0.496 e. The zero-order valence-electron chi connectivity index (χ0n) is 18.4. The highest BCUT2D eigenvalue weighted by Crippen LogP contribution is 2.37. The quantitative estimate of drug-likeness (QED) is 0.267. The molecule has 8 nitrogen and oxygen atoms in total. The number of anilines is 1. The summed E-state index contributed by atoms with van der Waals surface area (Å²) in [5.41, 5.74) is 2.02. The lowest BCUT2D eigenvalue weighted by molar-refractivity contribution is -0.115. The van der Waals surface area contributed by atoms with Crippen molar-refractivity contribution < 1.29 is 14.3 Å². The first-order chi connectivity index (χ1) is 16.5. The lowest BCUT2D eigenvalue weighted by Crippen LogP contribution is -2.20. The zero-order valence-corrected chi connectivity index (χ0v) is 20.0. The molecule has 3 N–H and O–H groups in total. The van der Waals surface area contributed by atoms with E-state index in [0.717, 1.165) is 5.56 Å². The molecule has 0 bridgehead atoms. The molecule has 34 heavy (non-hydrogen) atoms. The van der Waals surface area contributed by atoms with Gasteiger partial charge in [-0.05, 0) is 35.9 Å². The fourth-order valence-corrected chi connectivity index (χ4v) is 4.54. The van der Waals surface area contributed by atoms with Crippen LogP contribution in [0.15, 0.2) is 78.0 Å². The van der Waals surface area contributed by atoms with Crippen molar-refractivity contribution in [2.45, 2.75) is 10.4 Å². The number of carbonyl (C=O) groups excluding carboxylic acids is 1. The monoisotopic (exact) mass is 495 g/mol. The van der Waals surface area contributed by atoms with Crippen molar-refractivity contribution >= 4 is 35.0 Å². The van der Waals surface area contributed by atoms with Gasteiger partial charge in [0.1, 0.15) is 16.7 Å². The van der Waals surface area contributed by atoms with Gasteiger partial charge < -0.3 is 20.6 Å². The minimum absolute atomic E-state index is 0.265. The van der Waals surface area contributed by atoms with Gasteiger partial charge in [-0.2, -0.15) is 0 Å². The van der Waals surface area contributed by atoms with Crippen LogP contribution in [0.3, 0.4) is 0 Å². The molecule has 4 aromatic rings. The molecule has 4 rings (SSSR count). The summed E-state index contributed by atoms with van der Waals surface area (Å²) in [5.74, 6) is 7.64. The van der Waals surface area contributed by atoms with Crippen LogP contribution in [0.5, 0.6) is 11.5 Å². The van der Waals surface area contributed by atoms with Gasteiger partial charge in [0.2, 0.25) is 11.1 Å². The number of para-hydroxylation sites is 1. The fraction of sp³-hybridized carbons (Fsp3) is 0.125. The Hall–Kier alpha value is -3.69. The van der Waals surface area contributed by atoms with Crippen LogP contribution in [0.1, 0.15) is 10.8 Å². The minimum atomic E-state index is -0.654. The van der Waals surface area contributed by atoms with E-state index in [-0.39, 0.29) is 5.91 Å². The van der Waals surface area contributed by atoms with Gasteiger partial charge in [0, 0.05) is 5.69 Å². The molecule has 0 aliphatic heterocycles. The summed E-state index contributed by atoms with van der Waals surface area (Å²) >= 11 is 7.41. The highest BCUT2D eigenvalue weighted by Gasteiger charge is 2.26. The highest BCUT2D eigenvalue weighted by molar-refractivity contribution is 8.00. The van der Waals surface area contributed by atoms with Crippen molar-refractivity contribution in [1.82, 2.24) is 14.9 Å². The van der Waals surface area contributed by atoms with Crippen LogP contribution in [0.2, 0.25) is 5.02 Å². The van der Waals surface area contributed by atoms with Crippen molar-refractivity contribution in [3.8, 4) is 22.9 Å². The number of carbonyl (C=O) groups is 1. The first kappa shape index (κ1) is 23.5. The molecule has 0 radical (unpaired) electrons. The van der Waals surface area contributed by atoms with E-state index >= 15 is 0 Å². The van der Waals surface area contributed by atoms with Gasteiger partial charge in [0.05, 0.1) is 24.8 Å². The third kappa shape index (κ3) is 4.95. The molecule has 1 unspecified atom stereocenters. The van der Waals surface area contributed by atoms with Crippen LogP contribution in [0.25, 0.3) is 11.4 Å². The summed E-state index contributed by atoms with van der Waals surface area (Å²) in [6.07, 6.45) is 0. The second-order valence-electron chi connectivity index (χ2n) is 7.12. The minimum Gasteiger partial charge on any atom is -0.496 e. The fourth-order valence-electron chi connectivity index (χ4n) is 3.33. The van der Waals surface area contributed by atoms with E-state index in [2.05, 4.69) is 15.5 Å². The van der Waals surface area contributed by atoms with Crippen molar-refractivity contribution in [2.75, 3.05) is 25.4 Å². The number of nitrogens with two attached hydrogens (primary N) is 1. The zero-order chi connectivity index (χ0) is 24.1. The van der Waals surface area contributed by atoms with E-state index in [1.54, 1.807) is 25.3 Å². The van der Waals surface area contributed by atoms with Crippen LogP contribution in [-0.4, -0.2) is 35.0 Å². The molecule has 3 aromatic carbocycles. The van der Waals surface area contributed by atoms with Gasteiger partial charge in [-0.25, -0.2) is 4.68 Å². The van der Waals surface area contributed by atoms with Crippen LogP contribution < -0.4 is 20.6 Å². The Morgan fingerprint density at radius 3 is 2.41 bits per heavy atom. The first-order valence-electron chi connectivity index (χ1n) is 10.2. The van der Waals surface area contributed by atoms with E-state index < -0.39 is 5.25 Å². The Kier molecular flexibility index (Phi) is 7.24. The number of amides is 1. The maximum absolute atomic E-state index is 13.3. The lowest BCUT2D eigenvalue weighted by Gasteiger charge is -2.17. The van der Waals surface area contributed by atoms with E-state index in [0.29, 0.717) is 38.8 Å². The molecule has 0 saturated heterocycles. The number of ether oxygens (including phenoxy) is 2. The maximum atomic E-state index is 13.3. The summed E-state index contributed by atoms with van der Waals surface area (Å²) < 4.78 is 12.0. The number of nitrogens with one attached hydrogen (secondary N) is 1. The molecule has 174 valence electrons. The Balaban J connectivity index is 1.64. The normalized spacial score (nSPS) is 11.6. The van der Waals surface area contributed by atoms with Gasteiger partial charge in [-0.15, -0.1) is 10.2 Å². The molecule has 1 heterocycles. The summed E-state index contributed by atoms with van der Waals surface area (Å²) in [4.78, 5) is 13.3. The standard InChI is InChI=1S/C24H22ClN5O3S/c1-32-19-11-7-6-10-17(19)22-28-29-24(30(22)26)34-21(15-8-4-3-5-9-15)23(31)27-16-12-13-20(33-2)18(25)14-16/h3-14,21H,26H2,1-2H3,(H,27,31). The van der Waals surface area contributed by atoms with Crippen molar-refractivity contribution in [3.63, 3.8) is 0 Å². The molecule has 1 aromatic heterocycles. The second-order valence-corrected chi connectivity index (χ2v) is 8.60. The van der Waals surface area contributed by atoms with E-state index in [1.807, 2.05) is 54.6 Å². The molecule has 0 spiro atoms. The smallest absolute Gasteiger partial charge is 0.242 e. The number of thioether (sulfide) groups is 1. The Morgan fingerprint density at radius 1 is 1.00 bits per heavy atom. The van der Waals surface area contributed by atoms with Gasteiger partial charge in [-0.3, -0.25) is 4.79 Å². The number of nitrogen functional groups attached to an aromatic ring is 1. The SMILES string of the molecule is COc1ccc(NC(=O)C(Sc2nnc(-c3ccccc3OC)n2N)c2ccccc2)cc1Cl. The van der Waals surface area contributed by atoms with Crippen LogP contribution in [0.4, 0.5) is 5.69 Å². The molecule has 0 aliphatic rings. The molecule has 0 aliphatic carbocycles. The number of benzene rings is 3. The molecule has 1 amide bonds. The lowest BCUT2D eigenvalue weighted by atomic mass is 10.1. The summed E-state index contributed by atoms with van der Waals surface area (Å²) in [6, 6.07) is 21.8. The summed E-state index contributed by atoms with van der Waals surface area (Å²) in [5, 5.41) is 11.5. The van der Waals surface area contributed by atoms with Crippen molar-refractivity contribution in [3.05, 3.63) is 83.4 Å². The van der Waals surface area contributed by atoms with Gasteiger partial charge in [-0.1, -0.05) is 65.8 Å². The first-order valence-corrected chi connectivity index (χ1v) is 11.5.